The topological polar surface area (TPSA) is 17.1 Å². The molecule has 0 N–H and O–H groups in total. The third-order valence-corrected chi connectivity index (χ3v) is 3.97. The van der Waals surface area contributed by atoms with E-state index in [2.05, 4.69) is 18.7 Å². The van der Waals surface area contributed by atoms with E-state index in [0.717, 1.165) is 11.5 Å². The van der Waals surface area contributed by atoms with E-state index in [4.69, 9.17) is 0 Å². The Morgan fingerprint density at radius 1 is 1.27 bits per heavy atom. The van der Waals surface area contributed by atoms with Gasteiger partial charge in [-0.15, -0.1) is 11.8 Å². The van der Waals surface area contributed by atoms with Gasteiger partial charge in [-0.05, 0) is 24.6 Å². The van der Waals surface area contributed by atoms with E-state index in [1.807, 2.05) is 18.2 Å². The third-order valence-electron chi connectivity index (χ3n) is 1.68. The number of thioether (sulfide) groups is 2. The molecule has 80 valence electrons. The Morgan fingerprint density at radius 3 is 2.53 bits per heavy atom. The minimum absolute atomic E-state index is 0.101. The van der Waals surface area contributed by atoms with Crippen molar-refractivity contribution in [1.82, 2.24) is 0 Å². The first-order valence-electron chi connectivity index (χ1n) is 4.70. The highest BCUT2D eigenvalue weighted by Gasteiger charge is 2.02. The monoisotopic (exact) mass is 238 g/mol. The molecule has 0 atom stereocenters. The second-order valence-electron chi connectivity index (χ2n) is 3.08. The maximum Gasteiger partial charge on any atom is 0.214 e. The van der Waals surface area contributed by atoms with Crippen LogP contribution in [0.4, 0.5) is 0 Å². The summed E-state index contributed by atoms with van der Waals surface area (Å²) in [6.45, 7) is 5.36. The van der Waals surface area contributed by atoms with Gasteiger partial charge >= 0.3 is 0 Å². The molecule has 0 heterocycles. The Bertz CT molecular complexity index is 333. The Labute approximate surface area is 99.3 Å². The lowest BCUT2D eigenvalue weighted by Gasteiger charge is -2.00. The van der Waals surface area contributed by atoms with Crippen molar-refractivity contribution in [2.24, 2.45) is 0 Å². The molecule has 1 aromatic rings. The molecular formula is C12H14OS2. The van der Waals surface area contributed by atoms with Crippen LogP contribution in [0.2, 0.25) is 0 Å². The van der Waals surface area contributed by atoms with Crippen LogP contribution in [0.15, 0.2) is 47.4 Å². The van der Waals surface area contributed by atoms with Gasteiger partial charge < -0.3 is 0 Å². The Balaban J connectivity index is 2.18. The highest BCUT2D eigenvalue weighted by Crippen LogP contribution is 2.19. The molecule has 1 rings (SSSR count). The van der Waals surface area contributed by atoms with E-state index in [1.165, 1.54) is 16.7 Å². The fourth-order valence-electron chi connectivity index (χ4n) is 0.934. The van der Waals surface area contributed by atoms with Crippen molar-refractivity contribution in [3.63, 3.8) is 0 Å². The van der Waals surface area contributed by atoms with Crippen LogP contribution in [0.25, 0.3) is 0 Å². The molecule has 0 aromatic heterocycles. The van der Waals surface area contributed by atoms with E-state index in [1.54, 1.807) is 18.7 Å². The van der Waals surface area contributed by atoms with Gasteiger partial charge in [0.1, 0.15) is 0 Å². The van der Waals surface area contributed by atoms with Crippen LogP contribution in [0, 0.1) is 0 Å². The molecule has 0 spiro atoms. The summed E-state index contributed by atoms with van der Waals surface area (Å²) in [4.78, 5) is 12.5. The van der Waals surface area contributed by atoms with Crippen molar-refractivity contribution in [3.8, 4) is 0 Å². The molecule has 0 bridgehead atoms. The highest BCUT2D eigenvalue weighted by molar-refractivity contribution is 8.14. The molecule has 1 nitrogen and oxygen atoms in total. The molecule has 0 unspecified atom stereocenters. The predicted octanol–water partition coefficient (Wildman–Crippen LogP) is 3.61. The molecule has 1 aromatic carbocycles. The largest absolute Gasteiger partial charge is 0.282 e. The SMILES string of the molecule is C=C(C)C(=O)SCCSc1ccccc1. The molecular weight excluding hydrogens is 224 g/mol. The molecule has 0 aliphatic carbocycles. The average Bonchev–Trinajstić information content (AvgIpc) is 2.25. The second kappa shape index (κ2) is 6.75. The molecule has 0 saturated heterocycles. The van der Waals surface area contributed by atoms with Gasteiger partial charge in [0, 0.05) is 16.4 Å². The predicted molar refractivity (Wildman–Crippen MR) is 69.4 cm³/mol. The van der Waals surface area contributed by atoms with Crippen molar-refractivity contribution in [3.05, 3.63) is 42.5 Å². The van der Waals surface area contributed by atoms with Crippen LogP contribution in [0.5, 0.6) is 0 Å². The van der Waals surface area contributed by atoms with E-state index in [-0.39, 0.29) is 5.12 Å². The molecule has 3 heteroatoms. The van der Waals surface area contributed by atoms with Gasteiger partial charge in [0.2, 0.25) is 5.12 Å². The van der Waals surface area contributed by atoms with Gasteiger partial charge in [-0.1, -0.05) is 36.5 Å². The molecule has 0 aliphatic rings. The number of hydrogen-bond acceptors (Lipinski definition) is 3. The summed E-state index contributed by atoms with van der Waals surface area (Å²) in [5, 5.41) is 0.101. The summed E-state index contributed by atoms with van der Waals surface area (Å²) in [5.74, 6) is 1.79. The van der Waals surface area contributed by atoms with E-state index >= 15 is 0 Å². The number of rotatable bonds is 5. The van der Waals surface area contributed by atoms with E-state index < -0.39 is 0 Å². The van der Waals surface area contributed by atoms with E-state index in [9.17, 15) is 4.79 Å². The quantitative estimate of drug-likeness (QED) is 0.443. The summed E-state index contributed by atoms with van der Waals surface area (Å²) < 4.78 is 0. The van der Waals surface area contributed by atoms with Gasteiger partial charge in [-0.3, -0.25) is 4.79 Å². The molecule has 0 aliphatic heterocycles. The van der Waals surface area contributed by atoms with Crippen LogP contribution in [0.3, 0.4) is 0 Å². The summed E-state index contributed by atoms with van der Waals surface area (Å²) in [7, 11) is 0. The molecule has 15 heavy (non-hydrogen) atoms. The van der Waals surface area contributed by atoms with Gasteiger partial charge in [-0.2, -0.15) is 0 Å². The van der Waals surface area contributed by atoms with Crippen molar-refractivity contribution in [2.75, 3.05) is 11.5 Å². The number of hydrogen-bond donors (Lipinski definition) is 0. The molecule has 0 amide bonds. The van der Waals surface area contributed by atoms with Crippen LogP contribution in [-0.4, -0.2) is 16.6 Å². The van der Waals surface area contributed by atoms with Gasteiger partial charge in [-0.25, -0.2) is 0 Å². The molecule has 0 saturated carbocycles. The van der Waals surface area contributed by atoms with Crippen molar-refractivity contribution in [1.29, 1.82) is 0 Å². The first-order valence-corrected chi connectivity index (χ1v) is 6.68. The fraction of sp³-hybridized carbons (Fsp3) is 0.250. The smallest absolute Gasteiger partial charge is 0.214 e. The third kappa shape index (κ3) is 5.09. The standard InChI is InChI=1S/C12H14OS2/c1-10(2)12(13)15-9-8-14-11-6-4-3-5-7-11/h3-7H,1,8-9H2,2H3. The van der Waals surface area contributed by atoms with Crippen LogP contribution < -0.4 is 0 Å². The lowest BCUT2D eigenvalue weighted by molar-refractivity contribution is -0.107. The van der Waals surface area contributed by atoms with Crippen molar-refractivity contribution >= 4 is 28.6 Å². The number of carbonyl (C=O) groups excluding carboxylic acids is 1. The van der Waals surface area contributed by atoms with E-state index in [0.29, 0.717) is 5.57 Å². The normalized spacial score (nSPS) is 9.93. The fourth-order valence-corrected chi connectivity index (χ4v) is 2.62. The highest BCUT2D eigenvalue weighted by atomic mass is 32.2. The molecule has 0 radical (unpaired) electrons. The summed E-state index contributed by atoms with van der Waals surface area (Å²) >= 11 is 3.12. The lowest BCUT2D eigenvalue weighted by atomic mass is 10.4. The summed E-state index contributed by atoms with van der Waals surface area (Å²) in [6, 6.07) is 10.2. The minimum Gasteiger partial charge on any atom is -0.282 e. The lowest BCUT2D eigenvalue weighted by Crippen LogP contribution is -1.95. The Hall–Kier alpha value is -0.670. The van der Waals surface area contributed by atoms with Gasteiger partial charge in [0.05, 0.1) is 0 Å². The first-order chi connectivity index (χ1) is 7.20. The van der Waals surface area contributed by atoms with Crippen LogP contribution in [0.1, 0.15) is 6.92 Å². The number of benzene rings is 1. The van der Waals surface area contributed by atoms with Gasteiger partial charge in [0.25, 0.3) is 0 Å². The zero-order chi connectivity index (χ0) is 11.1. The summed E-state index contributed by atoms with van der Waals surface area (Å²) in [6.07, 6.45) is 0. The van der Waals surface area contributed by atoms with Crippen LogP contribution in [-0.2, 0) is 4.79 Å². The maximum atomic E-state index is 11.2. The summed E-state index contributed by atoms with van der Waals surface area (Å²) in [5.41, 5.74) is 0.629. The Morgan fingerprint density at radius 2 is 1.93 bits per heavy atom. The average molecular weight is 238 g/mol. The minimum atomic E-state index is 0.101. The first kappa shape index (κ1) is 12.4. The Kier molecular flexibility index (Phi) is 5.58. The van der Waals surface area contributed by atoms with Crippen molar-refractivity contribution < 1.29 is 4.79 Å². The molecule has 0 fully saturated rings. The second-order valence-corrected chi connectivity index (χ2v) is 5.31. The van der Waals surface area contributed by atoms with Crippen molar-refractivity contribution in [2.45, 2.75) is 11.8 Å². The maximum absolute atomic E-state index is 11.2. The number of carbonyl (C=O) groups is 1. The zero-order valence-corrected chi connectivity index (χ0v) is 10.4. The van der Waals surface area contributed by atoms with Gasteiger partial charge in [0.15, 0.2) is 0 Å². The zero-order valence-electron chi connectivity index (χ0n) is 8.73. The van der Waals surface area contributed by atoms with Crippen LogP contribution >= 0.6 is 23.5 Å².